The van der Waals surface area contributed by atoms with Gasteiger partial charge in [0.1, 0.15) is 5.51 Å². The number of aryl methyl sites for hydroxylation is 1. The van der Waals surface area contributed by atoms with Crippen LogP contribution in [0, 0.1) is 0 Å². The fraction of sp³-hybridized carbons (Fsp3) is 0.214. The number of amides is 1. The number of nitrogens with zero attached hydrogens (tertiary/aromatic N) is 4. The first-order chi connectivity index (χ1) is 10.7. The van der Waals surface area contributed by atoms with Gasteiger partial charge in [-0.1, -0.05) is 23.5 Å². The van der Waals surface area contributed by atoms with Gasteiger partial charge in [-0.2, -0.15) is 0 Å². The molecule has 0 aliphatic heterocycles. The lowest BCUT2D eigenvalue weighted by atomic mass is 10.2. The summed E-state index contributed by atoms with van der Waals surface area (Å²) in [5, 5.41) is 11.1. The third kappa shape index (κ3) is 3.17. The molecule has 0 aliphatic carbocycles. The van der Waals surface area contributed by atoms with Gasteiger partial charge in [0.05, 0.1) is 17.2 Å². The summed E-state index contributed by atoms with van der Waals surface area (Å²) in [5.74, 6) is -0.140. The Labute approximate surface area is 129 Å². The van der Waals surface area contributed by atoms with E-state index in [9.17, 15) is 9.59 Å². The minimum absolute atomic E-state index is 0.0878. The Kier molecular flexibility index (Phi) is 4.19. The molecule has 0 spiro atoms. The molecule has 1 aromatic carbocycles. The van der Waals surface area contributed by atoms with Crippen LogP contribution in [-0.4, -0.2) is 25.7 Å². The van der Waals surface area contributed by atoms with Crippen LogP contribution in [0.3, 0.4) is 0 Å². The molecule has 0 fully saturated rings. The number of para-hydroxylation sites is 1. The van der Waals surface area contributed by atoms with E-state index in [2.05, 4.69) is 20.5 Å². The SMILES string of the molecule is O=C(CCCn1cnc2ccccc2c1=O)Nc1nncs1. The van der Waals surface area contributed by atoms with E-state index in [1.165, 1.54) is 22.2 Å². The maximum Gasteiger partial charge on any atom is 0.261 e. The Hall–Kier alpha value is -2.61. The molecule has 22 heavy (non-hydrogen) atoms. The van der Waals surface area contributed by atoms with Crippen molar-refractivity contribution in [3.8, 4) is 0 Å². The molecule has 0 atom stereocenters. The van der Waals surface area contributed by atoms with E-state index in [0.717, 1.165) is 0 Å². The predicted octanol–water partition coefficient (Wildman–Crippen LogP) is 1.67. The molecule has 0 bridgehead atoms. The zero-order valence-electron chi connectivity index (χ0n) is 11.6. The summed E-state index contributed by atoms with van der Waals surface area (Å²) in [6, 6.07) is 7.21. The van der Waals surface area contributed by atoms with E-state index >= 15 is 0 Å². The molecule has 3 aromatic rings. The number of carbonyl (C=O) groups excluding carboxylic acids is 1. The maximum atomic E-state index is 12.3. The average Bonchev–Trinajstić information content (AvgIpc) is 3.03. The molecule has 7 nitrogen and oxygen atoms in total. The molecule has 1 N–H and O–H groups in total. The molecular formula is C14H13N5O2S. The molecule has 112 valence electrons. The highest BCUT2D eigenvalue weighted by atomic mass is 32.1. The van der Waals surface area contributed by atoms with E-state index in [-0.39, 0.29) is 11.5 Å². The summed E-state index contributed by atoms with van der Waals surface area (Å²) in [6.07, 6.45) is 2.37. The van der Waals surface area contributed by atoms with Gasteiger partial charge in [-0.25, -0.2) is 4.98 Å². The molecule has 0 unspecified atom stereocenters. The predicted molar refractivity (Wildman–Crippen MR) is 83.8 cm³/mol. The Morgan fingerprint density at radius 1 is 1.32 bits per heavy atom. The number of hydrogen-bond donors (Lipinski definition) is 1. The normalized spacial score (nSPS) is 10.7. The highest BCUT2D eigenvalue weighted by Crippen LogP contribution is 2.09. The van der Waals surface area contributed by atoms with Crippen molar-refractivity contribution in [3.63, 3.8) is 0 Å². The number of fused-ring (bicyclic) bond motifs is 1. The Balaban J connectivity index is 1.61. The standard InChI is InChI=1S/C14H13N5O2S/c20-12(17-14-18-16-9-22-14)6-3-7-19-8-15-11-5-2-1-4-10(11)13(19)21/h1-2,4-5,8-9H,3,6-7H2,(H,17,18,20). The molecule has 0 aliphatic rings. The number of anilines is 1. The highest BCUT2D eigenvalue weighted by Gasteiger charge is 2.06. The smallest absolute Gasteiger partial charge is 0.261 e. The van der Waals surface area contributed by atoms with Crippen molar-refractivity contribution in [3.05, 3.63) is 46.5 Å². The van der Waals surface area contributed by atoms with Crippen molar-refractivity contribution in [1.29, 1.82) is 0 Å². The molecule has 8 heteroatoms. The second kappa shape index (κ2) is 6.44. The minimum Gasteiger partial charge on any atom is -0.301 e. The van der Waals surface area contributed by atoms with E-state index in [1.807, 2.05) is 12.1 Å². The fourth-order valence-electron chi connectivity index (χ4n) is 2.08. The summed E-state index contributed by atoms with van der Waals surface area (Å²) >= 11 is 1.27. The van der Waals surface area contributed by atoms with Gasteiger partial charge in [0.15, 0.2) is 0 Å². The lowest BCUT2D eigenvalue weighted by Gasteiger charge is -2.06. The number of nitrogens with one attached hydrogen (secondary N) is 1. The highest BCUT2D eigenvalue weighted by molar-refractivity contribution is 7.13. The van der Waals surface area contributed by atoms with E-state index in [1.54, 1.807) is 17.6 Å². The Bertz CT molecular complexity index is 844. The second-order valence-electron chi connectivity index (χ2n) is 4.66. The zero-order chi connectivity index (χ0) is 15.4. The Morgan fingerprint density at radius 3 is 3.00 bits per heavy atom. The quantitative estimate of drug-likeness (QED) is 0.773. The van der Waals surface area contributed by atoms with Crippen LogP contribution in [0.5, 0.6) is 0 Å². The number of carbonyl (C=O) groups is 1. The maximum absolute atomic E-state index is 12.3. The summed E-state index contributed by atoms with van der Waals surface area (Å²) in [5.41, 5.74) is 2.14. The average molecular weight is 315 g/mol. The van der Waals surface area contributed by atoms with E-state index in [4.69, 9.17) is 0 Å². The first-order valence-electron chi connectivity index (χ1n) is 6.74. The molecule has 0 saturated carbocycles. The Morgan fingerprint density at radius 2 is 2.18 bits per heavy atom. The monoisotopic (exact) mass is 315 g/mol. The topological polar surface area (TPSA) is 89.8 Å². The van der Waals surface area contributed by atoms with Gasteiger partial charge in [-0.3, -0.25) is 14.2 Å². The molecule has 2 aromatic heterocycles. The van der Waals surface area contributed by atoms with Crippen molar-refractivity contribution in [1.82, 2.24) is 19.7 Å². The molecule has 0 saturated heterocycles. The van der Waals surface area contributed by atoms with Gasteiger partial charge in [-0.05, 0) is 18.6 Å². The number of rotatable bonds is 5. The lowest BCUT2D eigenvalue weighted by Crippen LogP contribution is -2.21. The second-order valence-corrected chi connectivity index (χ2v) is 5.49. The van der Waals surface area contributed by atoms with Crippen molar-refractivity contribution < 1.29 is 4.79 Å². The molecule has 1 amide bonds. The van der Waals surface area contributed by atoms with Crippen molar-refractivity contribution in [2.75, 3.05) is 5.32 Å². The van der Waals surface area contributed by atoms with Crippen LogP contribution in [-0.2, 0) is 11.3 Å². The summed E-state index contributed by atoms with van der Waals surface area (Å²) in [6.45, 7) is 0.445. The van der Waals surface area contributed by atoms with Crippen molar-refractivity contribution in [2.45, 2.75) is 19.4 Å². The van der Waals surface area contributed by atoms with Crippen LogP contribution in [0.4, 0.5) is 5.13 Å². The van der Waals surface area contributed by atoms with Gasteiger partial charge in [0.2, 0.25) is 11.0 Å². The van der Waals surface area contributed by atoms with Crippen molar-refractivity contribution >= 4 is 33.3 Å². The number of benzene rings is 1. The van der Waals surface area contributed by atoms with Gasteiger partial charge in [0.25, 0.3) is 5.56 Å². The number of aromatic nitrogens is 4. The molecule has 2 heterocycles. The largest absolute Gasteiger partial charge is 0.301 e. The summed E-state index contributed by atoms with van der Waals surface area (Å²) in [7, 11) is 0. The van der Waals surface area contributed by atoms with E-state index < -0.39 is 0 Å². The van der Waals surface area contributed by atoms with Gasteiger partial charge >= 0.3 is 0 Å². The third-order valence-electron chi connectivity index (χ3n) is 3.14. The number of hydrogen-bond acceptors (Lipinski definition) is 6. The van der Waals surface area contributed by atoms with Crippen LogP contribution >= 0.6 is 11.3 Å². The molecular weight excluding hydrogens is 302 g/mol. The molecule has 3 rings (SSSR count). The summed E-state index contributed by atoms with van der Waals surface area (Å²) in [4.78, 5) is 28.2. The third-order valence-corrected chi connectivity index (χ3v) is 3.75. The van der Waals surface area contributed by atoms with Gasteiger partial charge in [-0.15, -0.1) is 10.2 Å². The van der Waals surface area contributed by atoms with Crippen LogP contribution < -0.4 is 10.9 Å². The van der Waals surface area contributed by atoms with Crippen molar-refractivity contribution in [2.24, 2.45) is 0 Å². The first kappa shape index (κ1) is 14.3. The fourth-order valence-corrected chi connectivity index (χ4v) is 2.55. The van der Waals surface area contributed by atoms with Crippen LogP contribution in [0.25, 0.3) is 10.9 Å². The summed E-state index contributed by atoms with van der Waals surface area (Å²) < 4.78 is 1.53. The molecule has 0 radical (unpaired) electrons. The van der Waals surface area contributed by atoms with Crippen LogP contribution in [0.2, 0.25) is 0 Å². The zero-order valence-corrected chi connectivity index (χ0v) is 12.4. The minimum atomic E-state index is -0.140. The first-order valence-corrected chi connectivity index (χ1v) is 7.62. The van der Waals surface area contributed by atoms with Gasteiger partial charge in [0, 0.05) is 13.0 Å². The van der Waals surface area contributed by atoms with Crippen LogP contribution in [0.1, 0.15) is 12.8 Å². The van der Waals surface area contributed by atoms with Crippen LogP contribution in [0.15, 0.2) is 40.9 Å². The van der Waals surface area contributed by atoms with E-state index in [0.29, 0.717) is 35.4 Å². The lowest BCUT2D eigenvalue weighted by molar-refractivity contribution is -0.116. The van der Waals surface area contributed by atoms with Gasteiger partial charge < -0.3 is 5.32 Å².